The predicted molar refractivity (Wildman–Crippen MR) is 87.3 cm³/mol. The third-order valence-corrected chi connectivity index (χ3v) is 3.71. The summed E-state index contributed by atoms with van der Waals surface area (Å²) in [6, 6.07) is -1.04. The van der Waals surface area contributed by atoms with Gasteiger partial charge in [-0.3, -0.25) is 14.4 Å². The zero-order valence-electron chi connectivity index (χ0n) is 13.7. The lowest BCUT2D eigenvalue weighted by Gasteiger charge is -2.23. The molecule has 0 radical (unpaired) electrons. The summed E-state index contributed by atoms with van der Waals surface area (Å²) in [7, 11) is 0. The van der Waals surface area contributed by atoms with Crippen LogP contribution in [0.1, 0.15) is 47.0 Å². The van der Waals surface area contributed by atoms with Gasteiger partial charge in [0.2, 0.25) is 11.8 Å². The van der Waals surface area contributed by atoms with Crippen LogP contribution in [0.5, 0.6) is 0 Å². The number of carbonyl (C=O) groups excluding carboxylic acids is 3. The number of ketones is 1. The lowest BCUT2D eigenvalue weighted by molar-refractivity contribution is -0.131. The molecule has 0 spiro atoms. The Balaban J connectivity index is 4.79. The largest absolute Gasteiger partial charge is 0.345 e. The topological polar surface area (TPSA) is 75.3 Å². The Morgan fingerprint density at radius 3 is 2.14 bits per heavy atom. The van der Waals surface area contributed by atoms with Crippen LogP contribution in [0.15, 0.2) is 0 Å². The number of Topliss-reactive ketones (excluding diaryl/α,β-unsaturated/α-hetero) is 1. The summed E-state index contributed by atoms with van der Waals surface area (Å²) in [5, 5.41) is 5.46. The van der Waals surface area contributed by atoms with E-state index in [-0.39, 0.29) is 17.6 Å². The fourth-order valence-corrected chi connectivity index (χ4v) is 2.48. The zero-order chi connectivity index (χ0) is 16.4. The van der Waals surface area contributed by atoms with E-state index in [9.17, 15) is 14.4 Å². The average molecular weight is 316 g/mol. The Kier molecular flexibility index (Phi) is 10.1. The highest BCUT2D eigenvalue weighted by molar-refractivity contribution is 7.98. The smallest absolute Gasteiger partial charge is 0.243 e. The van der Waals surface area contributed by atoms with E-state index in [1.807, 2.05) is 20.1 Å². The number of carbonyl (C=O) groups is 3. The quantitative estimate of drug-likeness (QED) is 0.644. The van der Waals surface area contributed by atoms with Gasteiger partial charge in [0.15, 0.2) is 5.78 Å². The minimum Gasteiger partial charge on any atom is -0.345 e. The summed E-state index contributed by atoms with van der Waals surface area (Å²) >= 11 is 1.62. The maximum Gasteiger partial charge on any atom is 0.243 e. The van der Waals surface area contributed by atoms with Crippen molar-refractivity contribution < 1.29 is 14.4 Å². The Hall–Kier alpha value is -1.04. The van der Waals surface area contributed by atoms with E-state index in [1.165, 1.54) is 6.92 Å². The summed E-state index contributed by atoms with van der Waals surface area (Å²) < 4.78 is 0. The summed E-state index contributed by atoms with van der Waals surface area (Å²) in [5.74, 6) is 0.611. The Bertz CT molecular complexity index is 359. The standard InChI is InChI=1S/C15H28N2O3S/c1-6-14(19)13(9-10(2)3)17-15(20)12(7-8-21-5)16-11(4)18/h10,12-13H,6-9H2,1-5H3,(H,16,18)(H,17,20). The Morgan fingerprint density at radius 1 is 1.10 bits per heavy atom. The molecule has 0 aromatic carbocycles. The van der Waals surface area contributed by atoms with Crippen LogP contribution in [0.25, 0.3) is 0 Å². The molecule has 0 aromatic heterocycles. The van der Waals surface area contributed by atoms with Crippen molar-refractivity contribution in [3.05, 3.63) is 0 Å². The maximum absolute atomic E-state index is 12.3. The van der Waals surface area contributed by atoms with Gasteiger partial charge in [0.25, 0.3) is 0 Å². The lowest BCUT2D eigenvalue weighted by atomic mass is 9.98. The van der Waals surface area contributed by atoms with Gasteiger partial charge >= 0.3 is 0 Å². The summed E-state index contributed by atoms with van der Waals surface area (Å²) in [5.41, 5.74) is 0. The van der Waals surface area contributed by atoms with Crippen molar-refractivity contribution in [1.82, 2.24) is 10.6 Å². The first-order valence-corrected chi connectivity index (χ1v) is 8.80. The average Bonchev–Trinajstić information content (AvgIpc) is 2.40. The Morgan fingerprint density at radius 2 is 1.71 bits per heavy atom. The second kappa shape index (κ2) is 10.7. The van der Waals surface area contributed by atoms with Gasteiger partial charge < -0.3 is 10.6 Å². The molecular weight excluding hydrogens is 288 g/mol. The van der Waals surface area contributed by atoms with Crippen molar-refractivity contribution in [2.45, 2.75) is 59.0 Å². The molecule has 2 N–H and O–H groups in total. The molecule has 21 heavy (non-hydrogen) atoms. The summed E-state index contributed by atoms with van der Waals surface area (Å²) in [6.45, 7) is 7.21. The molecule has 6 heteroatoms. The molecule has 0 aromatic rings. The van der Waals surface area contributed by atoms with Gasteiger partial charge in [-0.25, -0.2) is 0 Å². The van der Waals surface area contributed by atoms with Crippen molar-refractivity contribution in [3.8, 4) is 0 Å². The third kappa shape index (κ3) is 8.75. The van der Waals surface area contributed by atoms with E-state index in [1.54, 1.807) is 18.7 Å². The van der Waals surface area contributed by atoms with Crippen LogP contribution >= 0.6 is 11.8 Å². The fourth-order valence-electron chi connectivity index (χ4n) is 2.01. The van der Waals surface area contributed by atoms with E-state index >= 15 is 0 Å². The molecule has 2 amide bonds. The zero-order valence-corrected chi connectivity index (χ0v) is 14.5. The van der Waals surface area contributed by atoms with Crippen LogP contribution in [-0.4, -0.2) is 41.7 Å². The molecule has 122 valence electrons. The predicted octanol–water partition coefficient (Wildman–Crippen LogP) is 1.75. The van der Waals surface area contributed by atoms with Crippen LogP contribution in [0.2, 0.25) is 0 Å². The molecule has 0 saturated carbocycles. The molecule has 5 nitrogen and oxygen atoms in total. The first-order chi connectivity index (χ1) is 9.81. The number of hydrogen-bond acceptors (Lipinski definition) is 4. The van der Waals surface area contributed by atoms with Crippen LogP contribution < -0.4 is 10.6 Å². The highest BCUT2D eigenvalue weighted by Crippen LogP contribution is 2.09. The normalized spacial score (nSPS) is 13.6. The van der Waals surface area contributed by atoms with Crippen molar-refractivity contribution in [1.29, 1.82) is 0 Å². The van der Waals surface area contributed by atoms with Gasteiger partial charge in [0.05, 0.1) is 6.04 Å². The van der Waals surface area contributed by atoms with Gasteiger partial charge in [-0.1, -0.05) is 20.8 Å². The van der Waals surface area contributed by atoms with Gasteiger partial charge in [-0.2, -0.15) is 11.8 Å². The van der Waals surface area contributed by atoms with Crippen molar-refractivity contribution in [2.24, 2.45) is 5.92 Å². The van der Waals surface area contributed by atoms with Crippen LogP contribution in [0.4, 0.5) is 0 Å². The highest BCUT2D eigenvalue weighted by Gasteiger charge is 2.25. The minimum absolute atomic E-state index is 0.0310. The molecule has 2 atom stereocenters. The van der Waals surface area contributed by atoms with E-state index < -0.39 is 12.1 Å². The molecule has 2 unspecified atom stereocenters. The second-order valence-corrected chi connectivity index (χ2v) is 6.53. The number of amides is 2. The molecule has 0 heterocycles. The van der Waals surface area contributed by atoms with Crippen molar-refractivity contribution >= 4 is 29.4 Å². The van der Waals surface area contributed by atoms with Crippen molar-refractivity contribution in [3.63, 3.8) is 0 Å². The molecule has 0 bridgehead atoms. The third-order valence-electron chi connectivity index (χ3n) is 3.07. The lowest BCUT2D eigenvalue weighted by Crippen LogP contribution is -2.51. The summed E-state index contributed by atoms with van der Waals surface area (Å²) in [4.78, 5) is 35.5. The van der Waals surface area contributed by atoms with Gasteiger partial charge in [0, 0.05) is 13.3 Å². The van der Waals surface area contributed by atoms with Gasteiger partial charge in [-0.15, -0.1) is 0 Å². The van der Waals surface area contributed by atoms with E-state index in [2.05, 4.69) is 10.6 Å². The summed E-state index contributed by atoms with van der Waals surface area (Å²) in [6.07, 6.45) is 3.52. The molecular formula is C15H28N2O3S. The fraction of sp³-hybridized carbons (Fsp3) is 0.800. The second-order valence-electron chi connectivity index (χ2n) is 5.55. The van der Waals surface area contributed by atoms with Gasteiger partial charge in [-0.05, 0) is 30.8 Å². The number of nitrogens with one attached hydrogen (secondary N) is 2. The molecule has 0 aliphatic heterocycles. The Labute approximate surface area is 132 Å². The van der Waals surface area contributed by atoms with E-state index in [4.69, 9.17) is 0 Å². The van der Waals surface area contributed by atoms with Gasteiger partial charge in [0.1, 0.15) is 6.04 Å². The highest BCUT2D eigenvalue weighted by atomic mass is 32.2. The molecule has 0 aliphatic carbocycles. The van der Waals surface area contributed by atoms with Crippen LogP contribution in [-0.2, 0) is 14.4 Å². The maximum atomic E-state index is 12.3. The molecule has 0 aliphatic rings. The number of rotatable bonds is 10. The monoisotopic (exact) mass is 316 g/mol. The number of thioether (sulfide) groups is 1. The van der Waals surface area contributed by atoms with E-state index in [0.29, 0.717) is 25.2 Å². The van der Waals surface area contributed by atoms with Crippen LogP contribution in [0, 0.1) is 5.92 Å². The minimum atomic E-state index is -0.575. The number of hydrogen-bond donors (Lipinski definition) is 2. The molecule has 0 saturated heterocycles. The van der Waals surface area contributed by atoms with Crippen molar-refractivity contribution in [2.75, 3.05) is 12.0 Å². The van der Waals surface area contributed by atoms with Crippen LogP contribution in [0.3, 0.4) is 0 Å². The molecule has 0 rings (SSSR count). The van der Waals surface area contributed by atoms with E-state index in [0.717, 1.165) is 5.75 Å². The first-order valence-electron chi connectivity index (χ1n) is 7.40. The molecule has 0 fully saturated rings. The SMILES string of the molecule is CCC(=O)C(CC(C)C)NC(=O)C(CCSC)NC(C)=O. The first kappa shape index (κ1) is 20.0.